The van der Waals surface area contributed by atoms with E-state index in [9.17, 15) is 0 Å². The van der Waals surface area contributed by atoms with Gasteiger partial charge in [0.05, 0.1) is 7.59 Å². The minimum Gasteiger partial charge on any atom is -0.427 e. The Morgan fingerprint density at radius 2 is 1.65 bits per heavy atom. The van der Waals surface area contributed by atoms with Gasteiger partial charge in [-0.3, -0.25) is 0 Å². The van der Waals surface area contributed by atoms with Gasteiger partial charge < -0.3 is 4.43 Å². The Bertz CT molecular complexity index is 179. The molecule has 0 spiro atoms. The lowest BCUT2D eigenvalue weighted by molar-refractivity contribution is 0.333. The van der Waals surface area contributed by atoms with Crippen molar-refractivity contribution in [1.82, 2.24) is 0 Å². The Morgan fingerprint density at radius 3 is 2.24 bits per heavy atom. The molecule has 0 aromatic carbocycles. The lowest BCUT2D eigenvalue weighted by atomic mass is 10.1. The van der Waals surface area contributed by atoms with Crippen molar-refractivity contribution < 1.29 is 4.43 Å². The van der Waals surface area contributed by atoms with Crippen molar-refractivity contribution in [2.24, 2.45) is 0 Å². The van der Waals surface area contributed by atoms with Crippen LogP contribution in [0.15, 0.2) is 0 Å². The van der Waals surface area contributed by atoms with E-state index in [4.69, 9.17) is 4.43 Å². The molecular formula is C14H32OSi2. The number of hydrogen-bond acceptors (Lipinski definition) is 1. The fourth-order valence-corrected chi connectivity index (χ4v) is 10.6. The van der Waals surface area contributed by atoms with Crippen LogP contribution in [-0.2, 0) is 4.43 Å². The monoisotopic (exact) mass is 272 g/mol. The molecule has 0 radical (unpaired) electrons. The van der Waals surface area contributed by atoms with E-state index < -0.39 is 7.59 Å². The largest absolute Gasteiger partial charge is 0.427 e. The van der Waals surface area contributed by atoms with E-state index in [2.05, 4.69) is 13.5 Å². The molecule has 0 aromatic rings. The van der Waals surface area contributed by atoms with Crippen molar-refractivity contribution in [2.75, 3.05) is 6.61 Å². The first-order valence-electron chi connectivity index (χ1n) is 7.85. The molecule has 1 nitrogen and oxygen atoms in total. The fraction of sp³-hybridized carbons (Fsp3) is 1.00. The molecule has 0 aliphatic carbocycles. The van der Waals surface area contributed by atoms with Crippen molar-refractivity contribution in [3.05, 3.63) is 0 Å². The smallest absolute Gasteiger partial charge is 0.150 e. The molecule has 17 heavy (non-hydrogen) atoms. The summed E-state index contributed by atoms with van der Waals surface area (Å²) in [6.07, 6.45) is 13.1. The predicted molar refractivity (Wildman–Crippen MR) is 83.0 cm³/mol. The van der Waals surface area contributed by atoms with Crippen molar-refractivity contribution >= 4 is 16.9 Å². The lowest BCUT2D eigenvalue weighted by Gasteiger charge is -2.30. The second kappa shape index (κ2) is 9.34. The van der Waals surface area contributed by atoms with Crippen LogP contribution in [0.25, 0.3) is 0 Å². The standard InChI is InChI=1S/C14H32OSi2/c1-3-4-5-6-7-8-9-10-13-17(2)14-11-12-15-16-17/h3-14,16H2,1-2H3. The second-order valence-electron chi connectivity index (χ2n) is 6.19. The molecular weight excluding hydrogens is 240 g/mol. The van der Waals surface area contributed by atoms with Gasteiger partial charge >= 0.3 is 0 Å². The van der Waals surface area contributed by atoms with Crippen LogP contribution in [0, 0.1) is 0 Å². The summed E-state index contributed by atoms with van der Waals surface area (Å²) in [6, 6.07) is 3.16. The maximum absolute atomic E-state index is 5.81. The first kappa shape index (κ1) is 15.5. The van der Waals surface area contributed by atoms with E-state index >= 15 is 0 Å². The molecule has 1 saturated heterocycles. The molecule has 0 saturated carbocycles. The Morgan fingerprint density at radius 1 is 1.00 bits per heavy atom. The SMILES string of the molecule is CCCCCCCCCC[Si]1(C)CCCO[SiH2]1. The van der Waals surface area contributed by atoms with Gasteiger partial charge in [0.25, 0.3) is 0 Å². The van der Waals surface area contributed by atoms with Crippen LogP contribution in [0.3, 0.4) is 0 Å². The van der Waals surface area contributed by atoms with Crippen molar-refractivity contribution in [3.63, 3.8) is 0 Å². The average molecular weight is 273 g/mol. The highest BCUT2D eigenvalue weighted by Gasteiger charge is 2.29. The Kier molecular flexibility index (Phi) is 8.49. The molecule has 1 aliphatic rings. The molecule has 1 rings (SSSR count). The summed E-state index contributed by atoms with van der Waals surface area (Å²) in [5, 5.41) is 0. The van der Waals surface area contributed by atoms with Crippen LogP contribution < -0.4 is 0 Å². The molecule has 0 amide bonds. The van der Waals surface area contributed by atoms with Gasteiger partial charge in [-0.25, -0.2) is 0 Å². The second-order valence-corrected chi connectivity index (χ2v) is 17.5. The summed E-state index contributed by atoms with van der Waals surface area (Å²) in [5.41, 5.74) is 0. The predicted octanol–water partition coefficient (Wildman–Crippen LogP) is 4.21. The molecule has 1 unspecified atom stereocenters. The molecule has 1 atom stereocenters. The van der Waals surface area contributed by atoms with E-state index in [-0.39, 0.29) is 9.28 Å². The van der Waals surface area contributed by atoms with Gasteiger partial charge in [0, 0.05) is 6.61 Å². The normalized spacial score (nSPS) is 26.5. The summed E-state index contributed by atoms with van der Waals surface area (Å²) in [6.45, 7) is 5.99. The third kappa shape index (κ3) is 7.42. The van der Waals surface area contributed by atoms with Crippen LogP contribution in [0.1, 0.15) is 64.7 Å². The third-order valence-electron chi connectivity index (χ3n) is 4.15. The first-order chi connectivity index (χ1) is 8.27. The van der Waals surface area contributed by atoms with Crippen LogP contribution in [0.4, 0.5) is 0 Å². The molecule has 1 aliphatic heterocycles. The Hall–Kier alpha value is 0.394. The Labute approximate surface area is 111 Å². The highest BCUT2D eigenvalue weighted by Crippen LogP contribution is 2.24. The molecule has 0 N–H and O–H groups in total. The third-order valence-corrected chi connectivity index (χ3v) is 13.3. The summed E-state index contributed by atoms with van der Waals surface area (Å²) in [4.78, 5) is 0. The highest BCUT2D eigenvalue weighted by molar-refractivity contribution is 7.22. The quantitative estimate of drug-likeness (QED) is 0.451. The molecule has 1 heterocycles. The van der Waals surface area contributed by atoms with Crippen LogP contribution in [0.5, 0.6) is 0 Å². The van der Waals surface area contributed by atoms with Gasteiger partial charge in [0.2, 0.25) is 0 Å². The molecule has 0 aromatic heterocycles. The minimum absolute atomic E-state index is 0.0859. The number of rotatable bonds is 9. The topological polar surface area (TPSA) is 9.23 Å². The van der Waals surface area contributed by atoms with Gasteiger partial charge in [-0.1, -0.05) is 76.9 Å². The summed E-state index contributed by atoms with van der Waals surface area (Å²) in [7, 11) is -0.887. The zero-order valence-corrected chi connectivity index (χ0v) is 14.5. The van der Waals surface area contributed by atoms with Crippen molar-refractivity contribution in [3.8, 4) is 0 Å². The number of hydrogen-bond donors (Lipinski definition) is 0. The van der Waals surface area contributed by atoms with E-state index in [1.54, 1.807) is 12.1 Å². The van der Waals surface area contributed by atoms with Crippen LogP contribution in [-0.4, -0.2) is 23.5 Å². The lowest BCUT2D eigenvalue weighted by Crippen LogP contribution is -2.43. The zero-order chi connectivity index (χ0) is 12.4. The highest BCUT2D eigenvalue weighted by atomic mass is 29.2. The van der Waals surface area contributed by atoms with E-state index in [1.165, 1.54) is 57.8 Å². The van der Waals surface area contributed by atoms with E-state index in [1.807, 2.05) is 0 Å². The number of unbranched alkanes of at least 4 members (excludes halogenated alkanes) is 7. The van der Waals surface area contributed by atoms with E-state index in [0.29, 0.717) is 0 Å². The summed E-state index contributed by atoms with van der Waals surface area (Å²) in [5.74, 6) is 0. The minimum atomic E-state index is -0.801. The van der Waals surface area contributed by atoms with Gasteiger partial charge in [0.15, 0.2) is 9.28 Å². The maximum Gasteiger partial charge on any atom is 0.150 e. The van der Waals surface area contributed by atoms with Crippen molar-refractivity contribution in [1.29, 1.82) is 0 Å². The average Bonchev–Trinajstić information content (AvgIpc) is 2.33. The van der Waals surface area contributed by atoms with Gasteiger partial charge in [-0.15, -0.1) is 0 Å². The first-order valence-corrected chi connectivity index (χ1v) is 13.7. The maximum atomic E-state index is 5.81. The fourth-order valence-electron chi connectivity index (χ4n) is 2.87. The molecule has 102 valence electrons. The van der Waals surface area contributed by atoms with Gasteiger partial charge in [-0.05, 0) is 6.42 Å². The van der Waals surface area contributed by atoms with Gasteiger partial charge in [-0.2, -0.15) is 0 Å². The van der Waals surface area contributed by atoms with Crippen LogP contribution in [0.2, 0.25) is 18.6 Å². The summed E-state index contributed by atoms with van der Waals surface area (Å²) >= 11 is 0. The Balaban J connectivity index is 1.89. The molecule has 1 fully saturated rings. The molecule has 3 heteroatoms. The summed E-state index contributed by atoms with van der Waals surface area (Å²) < 4.78 is 5.81. The molecule has 0 bridgehead atoms. The zero-order valence-electron chi connectivity index (χ0n) is 12.1. The van der Waals surface area contributed by atoms with Crippen molar-refractivity contribution in [2.45, 2.75) is 83.3 Å². The van der Waals surface area contributed by atoms with E-state index in [0.717, 1.165) is 6.61 Å². The van der Waals surface area contributed by atoms with Gasteiger partial charge in [0.1, 0.15) is 0 Å². The van der Waals surface area contributed by atoms with Crippen LogP contribution >= 0.6 is 0 Å².